The fourth-order valence-corrected chi connectivity index (χ4v) is 5.16. The SMILES string of the molecule is C[C@@H]1C[C@H](C)C(=O)c2ccc3c4c(ccc(c24)C1=O)C(=O)C(C)(C)C[C@@H](C)C3=O. The first-order valence-corrected chi connectivity index (χ1v) is 10.3. The van der Waals surface area contributed by atoms with Crippen molar-refractivity contribution >= 4 is 33.9 Å². The molecule has 0 heterocycles. The van der Waals surface area contributed by atoms with Crippen molar-refractivity contribution in [3.8, 4) is 0 Å². The van der Waals surface area contributed by atoms with Crippen molar-refractivity contribution in [1.29, 1.82) is 0 Å². The van der Waals surface area contributed by atoms with E-state index in [1.165, 1.54) is 0 Å². The minimum atomic E-state index is -0.705. The molecule has 2 aromatic carbocycles. The molecule has 0 spiro atoms. The molecule has 0 amide bonds. The highest BCUT2D eigenvalue weighted by Gasteiger charge is 2.39. The smallest absolute Gasteiger partial charge is 0.169 e. The topological polar surface area (TPSA) is 68.3 Å². The van der Waals surface area contributed by atoms with Gasteiger partial charge in [0, 0.05) is 56.2 Å². The zero-order chi connectivity index (χ0) is 21.2. The number of rotatable bonds is 0. The van der Waals surface area contributed by atoms with Gasteiger partial charge in [0.15, 0.2) is 23.1 Å². The zero-order valence-electron chi connectivity index (χ0n) is 17.6. The Morgan fingerprint density at radius 3 is 1.52 bits per heavy atom. The second kappa shape index (κ2) is 6.45. The van der Waals surface area contributed by atoms with Gasteiger partial charge in [0.2, 0.25) is 0 Å². The van der Waals surface area contributed by atoms with Gasteiger partial charge in [-0.25, -0.2) is 0 Å². The average Bonchev–Trinajstić information content (AvgIpc) is 2.68. The Morgan fingerprint density at radius 1 is 0.655 bits per heavy atom. The summed E-state index contributed by atoms with van der Waals surface area (Å²) in [5.41, 5.74) is 1.06. The van der Waals surface area contributed by atoms with Crippen molar-refractivity contribution in [2.45, 2.75) is 47.5 Å². The molecule has 2 aliphatic rings. The normalized spacial score (nSPS) is 26.7. The van der Waals surface area contributed by atoms with Crippen molar-refractivity contribution in [3.63, 3.8) is 0 Å². The van der Waals surface area contributed by atoms with Crippen LogP contribution in [0.2, 0.25) is 0 Å². The van der Waals surface area contributed by atoms with Crippen LogP contribution in [0.3, 0.4) is 0 Å². The van der Waals surface area contributed by atoms with Crippen molar-refractivity contribution in [3.05, 3.63) is 46.5 Å². The highest BCUT2D eigenvalue weighted by Crippen LogP contribution is 2.42. The fraction of sp³-hybridized carbons (Fsp3) is 0.440. The molecule has 0 bridgehead atoms. The molecule has 29 heavy (non-hydrogen) atoms. The standard InChI is InChI=1S/C25H26O4/c1-12-10-13(2)22(27)16-8-9-18-20-17(7-6-15(19(16)20)21(12)26)23(28)14(3)11-25(4,5)24(18)29/h6-9,12-14H,10-11H2,1-5H3/t12-,13+,14+/m0/s1. The molecule has 0 N–H and O–H groups in total. The Bertz CT molecular complexity index is 1080. The third kappa shape index (κ3) is 2.80. The minimum absolute atomic E-state index is 0.0384. The summed E-state index contributed by atoms with van der Waals surface area (Å²) in [5, 5.41) is 0.970. The van der Waals surface area contributed by atoms with E-state index in [1.54, 1.807) is 24.3 Å². The third-order valence-electron chi connectivity index (χ3n) is 6.68. The molecule has 2 aromatic rings. The van der Waals surface area contributed by atoms with E-state index < -0.39 is 5.41 Å². The van der Waals surface area contributed by atoms with Gasteiger partial charge in [0.1, 0.15) is 0 Å². The Hall–Kier alpha value is -2.62. The number of ketones is 4. The predicted molar refractivity (Wildman–Crippen MR) is 112 cm³/mol. The quantitative estimate of drug-likeness (QED) is 0.611. The maximum absolute atomic E-state index is 13.4. The highest BCUT2D eigenvalue weighted by molar-refractivity contribution is 6.27. The molecule has 4 rings (SSSR count). The fourth-order valence-electron chi connectivity index (χ4n) is 5.16. The first kappa shape index (κ1) is 19.7. The molecule has 0 radical (unpaired) electrons. The monoisotopic (exact) mass is 390 g/mol. The number of hydrogen-bond acceptors (Lipinski definition) is 4. The lowest BCUT2D eigenvalue weighted by Crippen LogP contribution is -2.32. The van der Waals surface area contributed by atoms with Crippen molar-refractivity contribution in [2.75, 3.05) is 0 Å². The number of benzene rings is 2. The lowest BCUT2D eigenvalue weighted by Gasteiger charge is -2.31. The summed E-state index contributed by atoms with van der Waals surface area (Å²) < 4.78 is 0. The van der Waals surface area contributed by atoms with Crippen LogP contribution >= 0.6 is 0 Å². The lowest BCUT2D eigenvalue weighted by molar-refractivity contribution is 0.0763. The summed E-state index contributed by atoms with van der Waals surface area (Å²) in [5.74, 6) is -1.09. The minimum Gasteiger partial charge on any atom is -0.294 e. The second-order valence-electron chi connectivity index (χ2n) is 9.52. The van der Waals surface area contributed by atoms with Gasteiger partial charge in [-0.15, -0.1) is 0 Å². The van der Waals surface area contributed by atoms with Crippen LogP contribution in [-0.4, -0.2) is 23.1 Å². The molecule has 3 atom stereocenters. The molecule has 0 aromatic heterocycles. The van der Waals surface area contributed by atoms with Gasteiger partial charge in [0.05, 0.1) is 0 Å². The van der Waals surface area contributed by atoms with Gasteiger partial charge in [0.25, 0.3) is 0 Å². The highest BCUT2D eigenvalue weighted by atomic mass is 16.1. The largest absolute Gasteiger partial charge is 0.294 e. The van der Waals surface area contributed by atoms with Gasteiger partial charge in [-0.05, 0) is 18.9 Å². The Morgan fingerprint density at radius 2 is 1.03 bits per heavy atom. The first-order valence-electron chi connectivity index (χ1n) is 10.3. The van der Waals surface area contributed by atoms with Crippen LogP contribution in [0.1, 0.15) is 88.9 Å². The van der Waals surface area contributed by atoms with Crippen molar-refractivity contribution in [2.24, 2.45) is 23.2 Å². The molecule has 0 aliphatic heterocycles. The first-order chi connectivity index (χ1) is 13.5. The summed E-state index contributed by atoms with van der Waals surface area (Å²) in [4.78, 5) is 53.1. The van der Waals surface area contributed by atoms with E-state index in [9.17, 15) is 19.2 Å². The number of carbonyl (C=O) groups excluding carboxylic acids is 4. The third-order valence-corrected chi connectivity index (χ3v) is 6.68. The lowest BCUT2D eigenvalue weighted by atomic mass is 9.70. The van der Waals surface area contributed by atoms with E-state index in [2.05, 4.69) is 0 Å². The molecule has 150 valence electrons. The van der Waals surface area contributed by atoms with Crippen LogP contribution < -0.4 is 0 Å². The average molecular weight is 390 g/mol. The molecular formula is C25H26O4. The van der Waals surface area contributed by atoms with Crippen LogP contribution in [0.25, 0.3) is 10.8 Å². The summed E-state index contributed by atoms with van der Waals surface area (Å²) in [6.45, 7) is 9.24. The predicted octanol–water partition coefficient (Wildman–Crippen LogP) is 5.31. The van der Waals surface area contributed by atoms with Crippen LogP contribution in [0.15, 0.2) is 24.3 Å². The molecule has 4 heteroatoms. The van der Waals surface area contributed by atoms with E-state index in [1.807, 2.05) is 34.6 Å². The van der Waals surface area contributed by atoms with E-state index in [4.69, 9.17) is 0 Å². The molecule has 0 unspecified atom stereocenters. The summed E-state index contributed by atoms with van der Waals surface area (Å²) in [6, 6.07) is 6.71. The van der Waals surface area contributed by atoms with Gasteiger partial charge in [-0.3, -0.25) is 19.2 Å². The molecule has 4 nitrogen and oxygen atoms in total. The molecular weight excluding hydrogens is 364 g/mol. The van der Waals surface area contributed by atoms with E-state index in [-0.39, 0.29) is 40.9 Å². The Labute approximate surface area is 170 Å². The Kier molecular flexibility index (Phi) is 4.38. The van der Waals surface area contributed by atoms with Crippen molar-refractivity contribution < 1.29 is 19.2 Å². The summed E-state index contributed by atoms with van der Waals surface area (Å²) in [6.07, 6.45) is 0.949. The summed E-state index contributed by atoms with van der Waals surface area (Å²) in [7, 11) is 0. The van der Waals surface area contributed by atoms with Gasteiger partial charge < -0.3 is 0 Å². The van der Waals surface area contributed by atoms with E-state index in [0.717, 1.165) is 0 Å². The second-order valence-corrected chi connectivity index (χ2v) is 9.52. The van der Waals surface area contributed by atoms with Crippen molar-refractivity contribution in [1.82, 2.24) is 0 Å². The number of Topliss-reactive ketones (excluding diaryl/α,β-unsaturated/α-hetero) is 4. The number of carbonyl (C=O) groups is 4. The molecule has 0 saturated carbocycles. The van der Waals surface area contributed by atoms with Gasteiger partial charge in [-0.2, -0.15) is 0 Å². The van der Waals surface area contributed by atoms with Crippen LogP contribution in [0.5, 0.6) is 0 Å². The van der Waals surface area contributed by atoms with Crippen LogP contribution in [0.4, 0.5) is 0 Å². The molecule has 0 fully saturated rings. The van der Waals surface area contributed by atoms with Gasteiger partial charge in [-0.1, -0.05) is 52.8 Å². The Balaban J connectivity index is 2.20. The molecule has 0 saturated heterocycles. The van der Waals surface area contributed by atoms with Gasteiger partial charge >= 0.3 is 0 Å². The van der Waals surface area contributed by atoms with E-state index >= 15 is 0 Å². The van der Waals surface area contributed by atoms with Crippen LogP contribution in [0, 0.1) is 23.2 Å². The maximum atomic E-state index is 13.4. The van der Waals surface area contributed by atoms with Crippen LogP contribution in [-0.2, 0) is 0 Å². The maximum Gasteiger partial charge on any atom is 0.169 e. The number of hydrogen-bond donors (Lipinski definition) is 0. The summed E-state index contributed by atoms with van der Waals surface area (Å²) >= 11 is 0. The van der Waals surface area contributed by atoms with E-state index in [0.29, 0.717) is 45.9 Å². The molecule has 2 aliphatic carbocycles. The zero-order valence-corrected chi connectivity index (χ0v) is 17.6.